The van der Waals surface area contributed by atoms with Crippen LogP contribution in [0, 0.1) is 0 Å². The molecule has 2 rings (SSSR count). The number of halogens is 1. The second kappa shape index (κ2) is 8.96. The Bertz CT molecular complexity index is 810. The number of methoxy groups -OCH3 is 2. The van der Waals surface area contributed by atoms with Gasteiger partial charge in [0, 0.05) is 12.1 Å². The van der Waals surface area contributed by atoms with Crippen molar-refractivity contribution in [3.63, 3.8) is 0 Å². The largest absolute Gasteiger partial charge is 0.495 e. The van der Waals surface area contributed by atoms with E-state index in [9.17, 15) is 9.59 Å². The topological polar surface area (TPSA) is 85.9 Å². The van der Waals surface area contributed by atoms with Gasteiger partial charge in [-0.2, -0.15) is 0 Å². The second-order valence-electron chi connectivity index (χ2n) is 5.03. The number of anilines is 2. The van der Waals surface area contributed by atoms with Gasteiger partial charge in [0.2, 0.25) is 0 Å². The van der Waals surface area contributed by atoms with Crippen molar-refractivity contribution in [3.8, 4) is 11.5 Å². The third-order valence-electron chi connectivity index (χ3n) is 3.39. The van der Waals surface area contributed by atoms with Gasteiger partial charge in [0.05, 0.1) is 42.8 Å². The fraction of sp³-hybridized carbons (Fsp3) is 0.222. The Hall–Kier alpha value is -2.93. The molecule has 0 atom stereocenters. The Morgan fingerprint density at radius 2 is 1.65 bits per heavy atom. The minimum absolute atomic E-state index is 0.237. The number of carbonyl (C=O) groups is 2. The Kier molecular flexibility index (Phi) is 6.68. The lowest BCUT2D eigenvalue weighted by atomic mass is 10.2. The Labute approximate surface area is 156 Å². The number of urea groups is 1. The van der Waals surface area contributed by atoms with Crippen LogP contribution in [0.1, 0.15) is 17.3 Å². The predicted molar refractivity (Wildman–Crippen MR) is 99.6 cm³/mol. The summed E-state index contributed by atoms with van der Waals surface area (Å²) in [4.78, 5) is 24.3. The minimum Gasteiger partial charge on any atom is -0.495 e. The Morgan fingerprint density at radius 3 is 2.31 bits per heavy atom. The van der Waals surface area contributed by atoms with Crippen molar-refractivity contribution in [2.75, 3.05) is 31.5 Å². The number of carbonyl (C=O) groups excluding carboxylic acids is 2. The van der Waals surface area contributed by atoms with Crippen molar-refractivity contribution >= 4 is 35.0 Å². The van der Waals surface area contributed by atoms with E-state index >= 15 is 0 Å². The number of esters is 1. The van der Waals surface area contributed by atoms with Gasteiger partial charge in [-0.25, -0.2) is 9.59 Å². The number of ether oxygens (including phenoxy) is 3. The molecule has 2 amide bonds. The van der Waals surface area contributed by atoms with Gasteiger partial charge in [-0.15, -0.1) is 0 Å². The lowest BCUT2D eigenvalue weighted by Crippen LogP contribution is -2.21. The number of para-hydroxylation sites is 1. The van der Waals surface area contributed by atoms with Gasteiger partial charge in [0.25, 0.3) is 0 Å². The van der Waals surface area contributed by atoms with Gasteiger partial charge < -0.3 is 24.8 Å². The quantitative estimate of drug-likeness (QED) is 0.736. The number of hydrogen-bond acceptors (Lipinski definition) is 5. The van der Waals surface area contributed by atoms with Gasteiger partial charge in [-0.05, 0) is 19.1 Å². The summed E-state index contributed by atoms with van der Waals surface area (Å²) < 4.78 is 15.3. The lowest BCUT2D eigenvalue weighted by molar-refractivity contribution is 0.0527. The molecule has 8 heteroatoms. The lowest BCUT2D eigenvalue weighted by Gasteiger charge is -2.14. The van der Waals surface area contributed by atoms with Gasteiger partial charge >= 0.3 is 12.0 Å². The van der Waals surface area contributed by atoms with Crippen LogP contribution in [0.4, 0.5) is 16.2 Å². The molecule has 2 N–H and O–H groups in total. The summed E-state index contributed by atoms with van der Waals surface area (Å²) in [6.45, 7) is 1.95. The van der Waals surface area contributed by atoms with Crippen LogP contribution in [0.15, 0.2) is 36.4 Å². The van der Waals surface area contributed by atoms with Crippen LogP contribution >= 0.6 is 11.6 Å². The van der Waals surface area contributed by atoms with E-state index in [2.05, 4.69) is 10.6 Å². The molecule has 26 heavy (non-hydrogen) atoms. The second-order valence-corrected chi connectivity index (χ2v) is 5.44. The first-order chi connectivity index (χ1) is 12.5. The first-order valence-electron chi connectivity index (χ1n) is 7.75. The summed E-state index contributed by atoms with van der Waals surface area (Å²) in [5.74, 6) is 0.230. The van der Waals surface area contributed by atoms with E-state index in [0.717, 1.165) is 0 Å². The molecule has 0 aliphatic carbocycles. The number of rotatable bonds is 6. The van der Waals surface area contributed by atoms with E-state index < -0.39 is 12.0 Å². The number of hydrogen-bond donors (Lipinski definition) is 2. The SMILES string of the molecule is CCOC(=O)c1ccccc1NC(=O)Nc1cc(OC)c(Cl)cc1OC. The van der Waals surface area contributed by atoms with Crippen LogP contribution in [0.2, 0.25) is 5.02 Å². The summed E-state index contributed by atoms with van der Waals surface area (Å²) in [5, 5.41) is 5.62. The molecular formula is C18H19ClN2O5. The molecule has 2 aromatic rings. The molecule has 0 spiro atoms. The molecular weight excluding hydrogens is 360 g/mol. The molecule has 2 aromatic carbocycles. The Morgan fingerprint density at radius 1 is 1.00 bits per heavy atom. The molecule has 0 saturated carbocycles. The van der Waals surface area contributed by atoms with Crippen molar-refractivity contribution in [2.24, 2.45) is 0 Å². The normalized spacial score (nSPS) is 10.0. The number of amides is 2. The predicted octanol–water partition coefficient (Wildman–Crippen LogP) is 4.18. The maximum atomic E-state index is 12.4. The van der Waals surface area contributed by atoms with Crippen molar-refractivity contribution in [3.05, 3.63) is 47.0 Å². The zero-order valence-electron chi connectivity index (χ0n) is 14.6. The summed E-state index contributed by atoms with van der Waals surface area (Å²) in [7, 11) is 2.92. The van der Waals surface area contributed by atoms with E-state index in [4.69, 9.17) is 25.8 Å². The third-order valence-corrected chi connectivity index (χ3v) is 3.69. The molecule has 138 valence electrons. The molecule has 0 aliphatic heterocycles. The maximum Gasteiger partial charge on any atom is 0.340 e. The monoisotopic (exact) mass is 378 g/mol. The molecule has 7 nitrogen and oxygen atoms in total. The zero-order chi connectivity index (χ0) is 19.1. The van der Waals surface area contributed by atoms with Gasteiger partial charge in [-0.3, -0.25) is 0 Å². The highest BCUT2D eigenvalue weighted by atomic mass is 35.5. The van der Waals surface area contributed by atoms with Crippen molar-refractivity contribution in [1.82, 2.24) is 0 Å². The highest BCUT2D eigenvalue weighted by Gasteiger charge is 2.16. The summed E-state index contributed by atoms with van der Waals surface area (Å²) in [6, 6.07) is 9.06. The molecule has 0 unspecified atom stereocenters. The minimum atomic E-state index is -0.565. The molecule has 0 saturated heterocycles. The summed E-state index contributed by atoms with van der Waals surface area (Å²) >= 11 is 6.05. The number of nitrogens with one attached hydrogen (secondary N) is 2. The van der Waals surface area contributed by atoms with Gasteiger partial charge in [-0.1, -0.05) is 23.7 Å². The van der Waals surface area contributed by atoms with E-state index in [-0.39, 0.29) is 12.2 Å². The molecule has 0 heterocycles. The summed E-state index contributed by atoms with van der Waals surface area (Å²) in [5.41, 5.74) is 0.938. The fourth-order valence-electron chi connectivity index (χ4n) is 2.21. The van der Waals surface area contributed by atoms with E-state index in [0.29, 0.717) is 27.9 Å². The molecule has 0 bridgehead atoms. The van der Waals surface area contributed by atoms with E-state index in [1.165, 1.54) is 26.4 Å². The van der Waals surface area contributed by atoms with Gasteiger partial charge in [0.1, 0.15) is 11.5 Å². The first-order valence-corrected chi connectivity index (χ1v) is 8.13. The van der Waals surface area contributed by atoms with E-state index in [1.54, 1.807) is 31.2 Å². The summed E-state index contributed by atoms with van der Waals surface area (Å²) in [6.07, 6.45) is 0. The van der Waals surface area contributed by atoms with Crippen LogP contribution in [-0.4, -0.2) is 32.8 Å². The molecule has 0 radical (unpaired) electrons. The molecule has 0 aromatic heterocycles. The number of benzene rings is 2. The van der Waals surface area contributed by atoms with Crippen molar-refractivity contribution in [1.29, 1.82) is 0 Å². The van der Waals surface area contributed by atoms with Crippen LogP contribution in [-0.2, 0) is 4.74 Å². The average molecular weight is 379 g/mol. The van der Waals surface area contributed by atoms with Crippen LogP contribution in [0.25, 0.3) is 0 Å². The van der Waals surface area contributed by atoms with E-state index in [1.807, 2.05) is 0 Å². The highest BCUT2D eigenvalue weighted by Crippen LogP contribution is 2.35. The highest BCUT2D eigenvalue weighted by molar-refractivity contribution is 6.32. The standard InChI is InChI=1S/C18H19ClN2O5/c1-4-26-17(22)11-7-5-6-8-13(11)20-18(23)21-14-10-15(24-2)12(19)9-16(14)25-3/h5-10H,4H2,1-3H3,(H2,20,21,23). The zero-order valence-corrected chi connectivity index (χ0v) is 15.3. The van der Waals surface area contributed by atoms with Crippen LogP contribution in [0.5, 0.6) is 11.5 Å². The Balaban J connectivity index is 2.21. The smallest absolute Gasteiger partial charge is 0.340 e. The molecule has 0 fully saturated rings. The molecule has 0 aliphatic rings. The maximum absolute atomic E-state index is 12.4. The first kappa shape index (κ1) is 19.4. The fourth-order valence-corrected chi connectivity index (χ4v) is 2.44. The average Bonchev–Trinajstić information content (AvgIpc) is 2.63. The van der Waals surface area contributed by atoms with Crippen LogP contribution in [0.3, 0.4) is 0 Å². The van der Waals surface area contributed by atoms with Crippen molar-refractivity contribution in [2.45, 2.75) is 6.92 Å². The van der Waals surface area contributed by atoms with Gasteiger partial charge in [0.15, 0.2) is 0 Å². The van der Waals surface area contributed by atoms with Crippen LogP contribution < -0.4 is 20.1 Å². The third kappa shape index (κ3) is 4.58. The van der Waals surface area contributed by atoms with Crippen molar-refractivity contribution < 1.29 is 23.8 Å².